The Morgan fingerprint density at radius 2 is 1.76 bits per heavy atom. The summed E-state index contributed by atoms with van der Waals surface area (Å²) < 4.78 is 0. The van der Waals surface area contributed by atoms with Gasteiger partial charge in [-0.15, -0.1) is 0 Å². The van der Waals surface area contributed by atoms with Gasteiger partial charge in [0.2, 0.25) is 0 Å². The minimum atomic E-state index is -0.242. The Morgan fingerprint density at radius 1 is 1.12 bits per heavy atom. The van der Waals surface area contributed by atoms with Crippen LogP contribution in [0.15, 0.2) is 48.8 Å². The van der Waals surface area contributed by atoms with Gasteiger partial charge in [0, 0.05) is 24.0 Å². The summed E-state index contributed by atoms with van der Waals surface area (Å²) in [4.78, 5) is 16.5. The highest BCUT2D eigenvalue weighted by molar-refractivity contribution is 6.30. The van der Waals surface area contributed by atoms with Gasteiger partial charge in [0.25, 0.3) is 0 Å². The van der Waals surface area contributed by atoms with Crippen molar-refractivity contribution in [2.75, 3.05) is 19.6 Å². The molecule has 1 aliphatic heterocycles. The molecule has 2 amide bonds. The number of aromatic nitrogens is 1. The number of hydrogen-bond acceptors (Lipinski definition) is 3. The molecule has 1 aromatic heterocycles. The van der Waals surface area contributed by atoms with Gasteiger partial charge < -0.3 is 16.0 Å². The first-order valence-corrected chi connectivity index (χ1v) is 9.00. The lowest BCUT2D eigenvalue weighted by atomic mass is 9.98. The van der Waals surface area contributed by atoms with E-state index in [4.69, 9.17) is 11.6 Å². The van der Waals surface area contributed by atoms with Gasteiger partial charge in [-0.05, 0) is 67.2 Å². The third kappa shape index (κ3) is 5.18. The molecule has 1 aromatic carbocycles. The molecule has 1 saturated heterocycles. The Bertz CT molecular complexity index is 672. The molecule has 0 aliphatic carbocycles. The quantitative estimate of drug-likeness (QED) is 0.769. The standard InChI is InChI=1S/C19H23ClN4O/c20-17-3-1-15(2-4-17)18(16-7-11-22-12-8-16)24-19(25)23-13-14-5-9-21-10-6-14/h1-4,7-8,11-12,14,18,21H,5-6,9-10,13H2,(H2,23,24,25)/t18-/m1/s1. The summed E-state index contributed by atoms with van der Waals surface area (Å²) in [6, 6.07) is 10.9. The fraction of sp³-hybridized carbons (Fsp3) is 0.368. The van der Waals surface area contributed by atoms with Gasteiger partial charge in [-0.1, -0.05) is 23.7 Å². The van der Waals surface area contributed by atoms with Crippen molar-refractivity contribution in [1.29, 1.82) is 0 Å². The van der Waals surface area contributed by atoms with E-state index in [-0.39, 0.29) is 12.1 Å². The summed E-state index contributed by atoms with van der Waals surface area (Å²) in [7, 11) is 0. The summed E-state index contributed by atoms with van der Waals surface area (Å²) in [6.45, 7) is 2.76. The Balaban J connectivity index is 1.66. The number of nitrogens with one attached hydrogen (secondary N) is 3. The lowest BCUT2D eigenvalue weighted by Crippen LogP contribution is -2.42. The number of halogens is 1. The lowest BCUT2D eigenvalue weighted by Gasteiger charge is -2.24. The number of amides is 2. The molecule has 0 spiro atoms. The van der Waals surface area contributed by atoms with E-state index in [1.54, 1.807) is 12.4 Å². The predicted octanol–water partition coefficient (Wildman–Crippen LogP) is 3.12. The normalized spacial score (nSPS) is 16.2. The minimum Gasteiger partial charge on any atom is -0.338 e. The summed E-state index contributed by atoms with van der Waals surface area (Å²) in [5, 5.41) is 10.1. The Labute approximate surface area is 153 Å². The fourth-order valence-electron chi connectivity index (χ4n) is 3.08. The van der Waals surface area contributed by atoms with E-state index in [9.17, 15) is 4.79 Å². The third-order valence-electron chi connectivity index (χ3n) is 4.53. The number of piperidine rings is 1. The molecular weight excluding hydrogens is 336 g/mol. The Morgan fingerprint density at radius 3 is 2.44 bits per heavy atom. The summed E-state index contributed by atoms with van der Waals surface area (Å²) in [6.07, 6.45) is 5.66. The largest absolute Gasteiger partial charge is 0.338 e. The SMILES string of the molecule is O=C(NCC1CCNCC1)N[C@@H](c1ccncc1)c1ccc(Cl)cc1. The van der Waals surface area contributed by atoms with Crippen LogP contribution in [0.5, 0.6) is 0 Å². The first-order chi connectivity index (χ1) is 12.2. The van der Waals surface area contributed by atoms with E-state index >= 15 is 0 Å². The van der Waals surface area contributed by atoms with Crippen molar-refractivity contribution in [2.45, 2.75) is 18.9 Å². The number of pyridine rings is 1. The third-order valence-corrected chi connectivity index (χ3v) is 4.78. The molecule has 6 heteroatoms. The topological polar surface area (TPSA) is 66.1 Å². The van der Waals surface area contributed by atoms with E-state index in [0.29, 0.717) is 17.5 Å². The fourth-order valence-corrected chi connectivity index (χ4v) is 3.20. The molecule has 0 bridgehead atoms. The molecule has 0 unspecified atom stereocenters. The highest BCUT2D eigenvalue weighted by atomic mass is 35.5. The van der Waals surface area contributed by atoms with Crippen LogP contribution in [0.2, 0.25) is 5.02 Å². The van der Waals surface area contributed by atoms with Crippen LogP contribution >= 0.6 is 11.6 Å². The molecule has 2 heterocycles. The van der Waals surface area contributed by atoms with Crippen molar-refractivity contribution in [1.82, 2.24) is 20.9 Å². The highest BCUT2D eigenvalue weighted by Crippen LogP contribution is 2.23. The van der Waals surface area contributed by atoms with E-state index in [1.807, 2.05) is 36.4 Å². The molecule has 0 saturated carbocycles. The van der Waals surface area contributed by atoms with Crippen molar-refractivity contribution in [3.8, 4) is 0 Å². The van der Waals surface area contributed by atoms with Crippen LogP contribution in [-0.4, -0.2) is 30.6 Å². The van der Waals surface area contributed by atoms with Crippen molar-refractivity contribution in [2.24, 2.45) is 5.92 Å². The number of benzene rings is 1. The van der Waals surface area contributed by atoms with Gasteiger partial charge >= 0.3 is 6.03 Å². The molecular formula is C19H23ClN4O. The number of carbonyl (C=O) groups is 1. The van der Waals surface area contributed by atoms with Crippen LogP contribution in [-0.2, 0) is 0 Å². The van der Waals surface area contributed by atoms with Crippen molar-refractivity contribution >= 4 is 17.6 Å². The zero-order valence-corrected chi connectivity index (χ0v) is 14.8. The Hall–Kier alpha value is -2.11. The number of rotatable bonds is 5. The number of hydrogen-bond donors (Lipinski definition) is 3. The summed E-state index contributed by atoms with van der Waals surface area (Å²) in [5.41, 5.74) is 1.96. The molecule has 132 valence electrons. The van der Waals surface area contributed by atoms with Gasteiger partial charge in [-0.2, -0.15) is 0 Å². The van der Waals surface area contributed by atoms with Crippen molar-refractivity contribution in [3.63, 3.8) is 0 Å². The number of carbonyl (C=O) groups excluding carboxylic acids is 1. The zero-order chi connectivity index (χ0) is 17.5. The molecule has 1 aliphatic rings. The second-order valence-electron chi connectivity index (χ2n) is 6.31. The monoisotopic (exact) mass is 358 g/mol. The molecule has 0 radical (unpaired) electrons. The van der Waals surface area contributed by atoms with Crippen molar-refractivity contribution in [3.05, 3.63) is 64.9 Å². The van der Waals surface area contributed by atoms with Gasteiger partial charge in [0.1, 0.15) is 0 Å². The van der Waals surface area contributed by atoms with Crippen LogP contribution in [0.4, 0.5) is 4.79 Å². The van der Waals surface area contributed by atoms with Gasteiger partial charge in [-0.25, -0.2) is 4.79 Å². The summed E-state index contributed by atoms with van der Waals surface area (Å²) in [5.74, 6) is 0.543. The van der Waals surface area contributed by atoms with Crippen LogP contribution in [0.1, 0.15) is 30.0 Å². The molecule has 1 fully saturated rings. The molecule has 25 heavy (non-hydrogen) atoms. The molecule has 3 N–H and O–H groups in total. The molecule has 1 atom stereocenters. The maximum Gasteiger partial charge on any atom is 0.315 e. The van der Waals surface area contributed by atoms with Crippen LogP contribution < -0.4 is 16.0 Å². The number of nitrogens with zero attached hydrogens (tertiary/aromatic N) is 1. The predicted molar refractivity (Wildman–Crippen MR) is 99.7 cm³/mol. The lowest BCUT2D eigenvalue weighted by molar-refractivity contribution is 0.234. The van der Waals surface area contributed by atoms with Gasteiger partial charge in [0.05, 0.1) is 6.04 Å². The van der Waals surface area contributed by atoms with E-state index in [2.05, 4.69) is 20.9 Å². The van der Waals surface area contributed by atoms with Crippen LogP contribution in [0, 0.1) is 5.92 Å². The second-order valence-corrected chi connectivity index (χ2v) is 6.75. The van der Waals surface area contributed by atoms with E-state index < -0.39 is 0 Å². The molecule has 3 rings (SSSR count). The smallest absolute Gasteiger partial charge is 0.315 e. The average molecular weight is 359 g/mol. The summed E-state index contributed by atoms with van der Waals surface area (Å²) >= 11 is 5.99. The Kier molecular flexibility index (Phi) is 6.25. The van der Waals surface area contributed by atoms with Gasteiger partial charge in [0.15, 0.2) is 0 Å². The van der Waals surface area contributed by atoms with E-state index in [1.165, 1.54) is 0 Å². The minimum absolute atomic E-state index is 0.157. The first kappa shape index (κ1) is 17.7. The number of urea groups is 1. The van der Waals surface area contributed by atoms with Crippen LogP contribution in [0.25, 0.3) is 0 Å². The van der Waals surface area contributed by atoms with Crippen molar-refractivity contribution < 1.29 is 4.79 Å². The molecule has 5 nitrogen and oxygen atoms in total. The van der Waals surface area contributed by atoms with Crippen LogP contribution in [0.3, 0.4) is 0 Å². The maximum atomic E-state index is 12.4. The first-order valence-electron chi connectivity index (χ1n) is 8.63. The second kappa shape index (κ2) is 8.83. The zero-order valence-electron chi connectivity index (χ0n) is 14.0. The molecule has 2 aromatic rings. The maximum absolute atomic E-state index is 12.4. The van der Waals surface area contributed by atoms with Gasteiger partial charge in [-0.3, -0.25) is 4.98 Å². The van der Waals surface area contributed by atoms with E-state index in [0.717, 1.165) is 37.1 Å². The highest BCUT2D eigenvalue weighted by Gasteiger charge is 2.18. The average Bonchev–Trinajstić information content (AvgIpc) is 2.67.